The van der Waals surface area contributed by atoms with E-state index in [9.17, 15) is 0 Å². The molecule has 0 saturated heterocycles. The fraction of sp³-hybridized carbons (Fsp3) is 1.00. The van der Waals surface area contributed by atoms with Crippen molar-refractivity contribution in [1.82, 2.24) is 4.90 Å². The van der Waals surface area contributed by atoms with Crippen molar-refractivity contribution in [2.45, 2.75) is 46.1 Å². The van der Waals surface area contributed by atoms with Crippen LogP contribution in [0.2, 0.25) is 0 Å². The molecule has 0 aromatic carbocycles. The number of nitrogens with zero attached hydrogens (tertiary/aromatic N) is 1. The average Bonchev–Trinajstić information content (AvgIpc) is 2.65. The zero-order valence-corrected chi connectivity index (χ0v) is 9.79. The monoisotopic (exact) mass is 193 g/mol. The third-order valence-electron chi connectivity index (χ3n) is 5.67. The summed E-state index contributed by atoms with van der Waals surface area (Å²) in [5, 5.41) is 0. The van der Waals surface area contributed by atoms with Gasteiger partial charge in [-0.25, -0.2) is 0 Å². The summed E-state index contributed by atoms with van der Waals surface area (Å²) in [6.07, 6.45) is 4.59. The van der Waals surface area contributed by atoms with Gasteiger partial charge in [0.15, 0.2) is 0 Å². The molecule has 0 aromatic rings. The number of rotatable bonds is 4. The van der Waals surface area contributed by atoms with Gasteiger partial charge < -0.3 is 4.90 Å². The lowest BCUT2D eigenvalue weighted by Gasteiger charge is -2.29. The van der Waals surface area contributed by atoms with E-state index in [2.05, 4.69) is 25.7 Å². The van der Waals surface area contributed by atoms with Gasteiger partial charge >= 0.3 is 0 Å². The molecule has 4 aliphatic carbocycles. The maximum atomic E-state index is 2.74. The van der Waals surface area contributed by atoms with Gasteiger partial charge in [0, 0.05) is 6.04 Å². The molecule has 5 atom stereocenters. The highest BCUT2D eigenvalue weighted by Gasteiger charge is 2.77. The van der Waals surface area contributed by atoms with Crippen LogP contribution < -0.4 is 0 Å². The Morgan fingerprint density at radius 3 is 2.36 bits per heavy atom. The summed E-state index contributed by atoms with van der Waals surface area (Å²) >= 11 is 0. The molecule has 80 valence electrons. The summed E-state index contributed by atoms with van der Waals surface area (Å²) in [7, 11) is 0. The normalized spacial score (nSPS) is 53.1. The van der Waals surface area contributed by atoms with E-state index in [4.69, 9.17) is 0 Å². The second-order valence-electron chi connectivity index (χ2n) is 5.63. The highest BCUT2D eigenvalue weighted by Crippen LogP contribution is 2.81. The van der Waals surface area contributed by atoms with Crippen molar-refractivity contribution in [2.24, 2.45) is 23.2 Å². The van der Waals surface area contributed by atoms with E-state index in [1.807, 2.05) is 0 Å². The minimum absolute atomic E-state index is 0.845. The smallest absolute Gasteiger partial charge is 0.0160 e. The Kier molecular flexibility index (Phi) is 1.81. The molecule has 4 fully saturated rings. The van der Waals surface area contributed by atoms with Crippen molar-refractivity contribution in [3.8, 4) is 0 Å². The van der Waals surface area contributed by atoms with Gasteiger partial charge in [-0.15, -0.1) is 0 Å². The van der Waals surface area contributed by atoms with E-state index in [1.165, 1.54) is 19.5 Å². The predicted octanol–water partition coefficient (Wildman–Crippen LogP) is 2.76. The third-order valence-corrected chi connectivity index (χ3v) is 5.67. The molecule has 0 radical (unpaired) electrons. The summed E-state index contributed by atoms with van der Waals surface area (Å²) in [6.45, 7) is 9.60. The molecular weight excluding hydrogens is 170 g/mol. The van der Waals surface area contributed by atoms with Gasteiger partial charge in [-0.05, 0) is 55.5 Å². The van der Waals surface area contributed by atoms with Gasteiger partial charge in [-0.1, -0.05) is 20.8 Å². The lowest BCUT2D eigenvalue weighted by atomic mass is 10.0. The Labute approximate surface area is 87.9 Å². The molecule has 0 amide bonds. The van der Waals surface area contributed by atoms with E-state index in [-0.39, 0.29) is 0 Å². The van der Waals surface area contributed by atoms with Gasteiger partial charge in [0.25, 0.3) is 0 Å². The Hall–Kier alpha value is -0.0400. The van der Waals surface area contributed by atoms with Crippen LogP contribution in [0.15, 0.2) is 0 Å². The molecule has 4 saturated carbocycles. The van der Waals surface area contributed by atoms with E-state index >= 15 is 0 Å². The molecule has 0 aliphatic heterocycles. The van der Waals surface area contributed by atoms with E-state index < -0.39 is 0 Å². The van der Waals surface area contributed by atoms with Crippen molar-refractivity contribution in [1.29, 1.82) is 0 Å². The maximum absolute atomic E-state index is 2.74. The highest BCUT2D eigenvalue weighted by atomic mass is 15.2. The Morgan fingerprint density at radius 2 is 1.93 bits per heavy atom. The van der Waals surface area contributed by atoms with Crippen LogP contribution in [0.1, 0.15) is 40.0 Å². The van der Waals surface area contributed by atoms with E-state index in [0.29, 0.717) is 0 Å². The minimum Gasteiger partial charge on any atom is -0.300 e. The first-order chi connectivity index (χ1) is 6.78. The minimum atomic E-state index is 0.845. The summed E-state index contributed by atoms with van der Waals surface area (Å²) in [5.41, 5.74) is 0.845. The second-order valence-corrected chi connectivity index (χ2v) is 5.63. The van der Waals surface area contributed by atoms with Crippen LogP contribution in [-0.2, 0) is 0 Å². The van der Waals surface area contributed by atoms with Crippen molar-refractivity contribution in [3.05, 3.63) is 0 Å². The van der Waals surface area contributed by atoms with Crippen molar-refractivity contribution in [2.75, 3.05) is 13.1 Å². The molecule has 1 heteroatoms. The van der Waals surface area contributed by atoms with Crippen LogP contribution in [0, 0.1) is 23.2 Å². The first kappa shape index (κ1) is 9.21. The largest absolute Gasteiger partial charge is 0.300 e. The Morgan fingerprint density at radius 1 is 1.21 bits per heavy atom. The van der Waals surface area contributed by atoms with Crippen LogP contribution in [-0.4, -0.2) is 24.0 Å². The molecule has 4 aliphatic rings. The van der Waals surface area contributed by atoms with Crippen LogP contribution in [0.5, 0.6) is 0 Å². The SMILES string of the molecule is CCN(CC)[C@H]1[C@@H]2C[C@@H]3[C@H]1[C@]3(CC)C2. The molecular formula is C13H23N. The summed E-state index contributed by atoms with van der Waals surface area (Å²) < 4.78 is 0. The van der Waals surface area contributed by atoms with Crippen LogP contribution in [0.3, 0.4) is 0 Å². The van der Waals surface area contributed by atoms with Gasteiger partial charge in [0.05, 0.1) is 0 Å². The topological polar surface area (TPSA) is 3.24 Å². The van der Waals surface area contributed by atoms with Crippen LogP contribution >= 0.6 is 0 Å². The zero-order valence-electron chi connectivity index (χ0n) is 9.79. The van der Waals surface area contributed by atoms with Crippen molar-refractivity contribution >= 4 is 0 Å². The highest BCUT2D eigenvalue weighted by molar-refractivity contribution is 5.27. The molecule has 0 aromatic heterocycles. The van der Waals surface area contributed by atoms with E-state index in [1.54, 1.807) is 12.8 Å². The molecule has 0 spiro atoms. The predicted molar refractivity (Wildman–Crippen MR) is 59.1 cm³/mol. The lowest BCUT2D eigenvalue weighted by molar-refractivity contribution is 0.177. The van der Waals surface area contributed by atoms with Gasteiger partial charge in [0.2, 0.25) is 0 Å². The Bertz CT molecular complexity index is 246. The molecule has 1 nitrogen and oxygen atoms in total. The quantitative estimate of drug-likeness (QED) is 0.663. The van der Waals surface area contributed by atoms with Crippen LogP contribution in [0.4, 0.5) is 0 Å². The van der Waals surface area contributed by atoms with Crippen LogP contribution in [0.25, 0.3) is 0 Å². The Balaban J connectivity index is 1.81. The molecule has 0 unspecified atom stereocenters. The average molecular weight is 193 g/mol. The van der Waals surface area contributed by atoms with Gasteiger partial charge in [-0.2, -0.15) is 0 Å². The maximum Gasteiger partial charge on any atom is 0.0160 e. The van der Waals surface area contributed by atoms with Gasteiger partial charge in [0.1, 0.15) is 0 Å². The molecule has 0 heterocycles. The van der Waals surface area contributed by atoms with Crippen molar-refractivity contribution in [3.63, 3.8) is 0 Å². The lowest BCUT2D eigenvalue weighted by Crippen LogP contribution is -2.37. The first-order valence-electron chi connectivity index (χ1n) is 6.52. The fourth-order valence-corrected chi connectivity index (χ4v) is 5.12. The second kappa shape index (κ2) is 2.75. The summed E-state index contributed by atoms with van der Waals surface area (Å²) in [6, 6.07) is 0.981. The first-order valence-corrected chi connectivity index (χ1v) is 6.52. The van der Waals surface area contributed by atoms with E-state index in [0.717, 1.165) is 29.2 Å². The zero-order chi connectivity index (χ0) is 9.92. The third kappa shape index (κ3) is 0.816. The molecule has 4 rings (SSSR count). The molecule has 14 heavy (non-hydrogen) atoms. The molecule has 0 N–H and O–H groups in total. The fourth-order valence-electron chi connectivity index (χ4n) is 5.12. The molecule has 4 bridgehead atoms. The standard InChI is InChI=1S/C13H23N/c1-4-13-8-9-7-10(13)11(13)12(9)14(5-2)6-3/h9-12H,4-8H2,1-3H3/t9-,10-,11-,12+,13-/m1/s1. The summed E-state index contributed by atoms with van der Waals surface area (Å²) in [5.74, 6) is 3.32. The summed E-state index contributed by atoms with van der Waals surface area (Å²) in [4.78, 5) is 2.74. The van der Waals surface area contributed by atoms with Crippen molar-refractivity contribution < 1.29 is 0 Å². The number of hydrogen-bond donors (Lipinski definition) is 0. The van der Waals surface area contributed by atoms with Gasteiger partial charge in [-0.3, -0.25) is 0 Å². The number of hydrogen-bond acceptors (Lipinski definition) is 1.